The van der Waals surface area contributed by atoms with E-state index in [1.165, 1.54) is 64.2 Å². The van der Waals surface area contributed by atoms with Crippen molar-refractivity contribution in [3.8, 4) is 0 Å². The average Bonchev–Trinajstić information content (AvgIpc) is 2.56. The Kier molecular flexibility index (Phi) is 21.3. The molecule has 0 radical (unpaired) electrons. The van der Waals surface area contributed by atoms with Gasteiger partial charge in [0, 0.05) is 6.42 Å². The van der Waals surface area contributed by atoms with Crippen molar-refractivity contribution in [1.29, 1.82) is 0 Å². The SMILES string of the molecule is CCCCCCCCCCCCCCCC(=O)NC(C(=O)[O-])C(C)C.[Na+]. The molecule has 0 aromatic rings. The van der Waals surface area contributed by atoms with Crippen LogP contribution in [-0.4, -0.2) is 17.9 Å². The van der Waals surface area contributed by atoms with Gasteiger partial charge in [0.2, 0.25) is 5.91 Å². The molecule has 26 heavy (non-hydrogen) atoms. The topological polar surface area (TPSA) is 69.2 Å². The fraction of sp³-hybridized carbons (Fsp3) is 0.905. The van der Waals surface area contributed by atoms with Crippen LogP contribution in [0, 0.1) is 5.92 Å². The van der Waals surface area contributed by atoms with E-state index in [-0.39, 0.29) is 41.4 Å². The largest absolute Gasteiger partial charge is 1.00 e. The molecule has 4 nitrogen and oxygen atoms in total. The van der Waals surface area contributed by atoms with Gasteiger partial charge in [-0.05, 0) is 12.3 Å². The first-order chi connectivity index (χ1) is 12.0. The quantitative estimate of drug-likeness (QED) is 0.307. The van der Waals surface area contributed by atoms with Crippen LogP contribution >= 0.6 is 0 Å². The van der Waals surface area contributed by atoms with Crippen molar-refractivity contribution in [2.45, 2.75) is 117 Å². The Labute approximate surface area is 183 Å². The summed E-state index contributed by atoms with van der Waals surface area (Å²) >= 11 is 0. The third-order valence-corrected chi connectivity index (χ3v) is 4.74. The van der Waals surface area contributed by atoms with Gasteiger partial charge in [-0.25, -0.2) is 0 Å². The van der Waals surface area contributed by atoms with Crippen LogP contribution in [-0.2, 0) is 9.59 Å². The van der Waals surface area contributed by atoms with Gasteiger partial charge in [-0.15, -0.1) is 0 Å². The monoisotopic (exact) mass is 377 g/mol. The summed E-state index contributed by atoms with van der Waals surface area (Å²) in [6.45, 7) is 5.79. The number of nitrogens with one attached hydrogen (secondary N) is 1. The molecule has 0 bridgehead atoms. The normalized spacial score (nSPS) is 11.8. The Morgan fingerprint density at radius 1 is 0.769 bits per heavy atom. The number of hydrogen-bond acceptors (Lipinski definition) is 3. The van der Waals surface area contributed by atoms with Crippen molar-refractivity contribution >= 4 is 11.9 Å². The fourth-order valence-electron chi connectivity index (χ4n) is 3.05. The fourth-order valence-corrected chi connectivity index (χ4v) is 3.05. The number of carbonyl (C=O) groups is 2. The molecule has 0 aromatic carbocycles. The first-order valence-electron chi connectivity index (χ1n) is 10.5. The van der Waals surface area contributed by atoms with Gasteiger partial charge < -0.3 is 15.2 Å². The number of carboxylic acids is 1. The molecule has 0 aliphatic rings. The Morgan fingerprint density at radius 2 is 1.15 bits per heavy atom. The van der Waals surface area contributed by atoms with Crippen LogP contribution in [0.25, 0.3) is 0 Å². The molecule has 0 aromatic heterocycles. The van der Waals surface area contributed by atoms with Gasteiger partial charge in [0.05, 0.1) is 12.0 Å². The maximum absolute atomic E-state index is 11.8. The standard InChI is InChI=1S/C21H41NO3.Na/c1-4-5-6-7-8-9-10-11-12-13-14-15-16-17-19(23)22-20(18(2)3)21(24)25;/h18,20H,4-17H2,1-3H3,(H,22,23)(H,24,25);/q;+1/p-1. The zero-order valence-corrected chi connectivity index (χ0v) is 19.8. The molecule has 5 heteroatoms. The van der Waals surface area contributed by atoms with Gasteiger partial charge in [-0.2, -0.15) is 0 Å². The van der Waals surface area contributed by atoms with Crippen molar-refractivity contribution in [2.24, 2.45) is 5.92 Å². The van der Waals surface area contributed by atoms with Crippen LogP contribution in [0.3, 0.4) is 0 Å². The molecular formula is C21H40NNaO3. The number of unbranched alkanes of at least 4 members (excludes halogenated alkanes) is 12. The molecule has 0 aliphatic heterocycles. The van der Waals surface area contributed by atoms with Gasteiger partial charge in [0.25, 0.3) is 0 Å². The number of rotatable bonds is 17. The van der Waals surface area contributed by atoms with Gasteiger partial charge in [0.15, 0.2) is 0 Å². The molecule has 0 aliphatic carbocycles. The Morgan fingerprint density at radius 3 is 1.50 bits per heavy atom. The smallest absolute Gasteiger partial charge is 0.548 e. The predicted octanol–water partition coefficient (Wildman–Crippen LogP) is 1.36. The minimum absolute atomic E-state index is 0. The van der Waals surface area contributed by atoms with Gasteiger partial charge >= 0.3 is 29.6 Å². The van der Waals surface area contributed by atoms with E-state index >= 15 is 0 Å². The summed E-state index contributed by atoms with van der Waals surface area (Å²) in [6, 6.07) is -0.880. The maximum Gasteiger partial charge on any atom is 1.00 e. The number of aliphatic carboxylic acids is 1. The minimum Gasteiger partial charge on any atom is -0.548 e. The first-order valence-corrected chi connectivity index (χ1v) is 10.5. The van der Waals surface area contributed by atoms with Crippen molar-refractivity contribution in [3.63, 3.8) is 0 Å². The molecule has 0 rings (SSSR count). The van der Waals surface area contributed by atoms with E-state index in [9.17, 15) is 14.7 Å². The molecule has 1 N–H and O–H groups in total. The minimum atomic E-state index is -1.20. The van der Waals surface area contributed by atoms with E-state index in [0.717, 1.165) is 19.3 Å². The number of hydrogen-bond donors (Lipinski definition) is 1. The zero-order valence-electron chi connectivity index (χ0n) is 17.8. The van der Waals surface area contributed by atoms with E-state index in [1.807, 2.05) is 0 Å². The average molecular weight is 378 g/mol. The van der Waals surface area contributed by atoms with Crippen LogP contribution in [0.4, 0.5) is 0 Å². The van der Waals surface area contributed by atoms with Crippen LogP contribution in [0.15, 0.2) is 0 Å². The van der Waals surface area contributed by atoms with Crippen LogP contribution in [0.1, 0.15) is 111 Å². The summed E-state index contributed by atoms with van der Waals surface area (Å²) in [5.74, 6) is -1.53. The molecule has 1 unspecified atom stereocenters. The van der Waals surface area contributed by atoms with Crippen molar-refractivity contribution in [1.82, 2.24) is 5.32 Å². The predicted molar refractivity (Wildman–Crippen MR) is 102 cm³/mol. The molecule has 0 saturated heterocycles. The number of amides is 1. The van der Waals surface area contributed by atoms with Crippen molar-refractivity contribution in [2.75, 3.05) is 0 Å². The molecule has 0 heterocycles. The zero-order chi connectivity index (χ0) is 18.9. The van der Waals surface area contributed by atoms with Gasteiger partial charge in [-0.1, -0.05) is 97.8 Å². The van der Waals surface area contributed by atoms with E-state index in [2.05, 4.69) is 12.2 Å². The van der Waals surface area contributed by atoms with E-state index in [0.29, 0.717) is 6.42 Å². The molecule has 0 spiro atoms. The summed E-state index contributed by atoms with van der Waals surface area (Å²) in [5.41, 5.74) is 0. The molecule has 1 amide bonds. The molecule has 148 valence electrons. The van der Waals surface area contributed by atoms with E-state index in [4.69, 9.17) is 0 Å². The molecule has 1 atom stereocenters. The second-order valence-electron chi connectivity index (χ2n) is 7.60. The molecule has 0 saturated carbocycles. The third kappa shape index (κ3) is 17.4. The number of carboxylic acid groups (broad SMARTS) is 1. The van der Waals surface area contributed by atoms with Crippen LogP contribution < -0.4 is 40.0 Å². The summed E-state index contributed by atoms with van der Waals surface area (Å²) in [4.78, 5) is 22.7. The van der Waals surface area contributed by atoms with Crippen molar-refractivity contribution < 1.29 is 44.3 Å². The summed E-state index contributed by atoms with van der Waals surface area (Å²) < 4.78 is 0. The summed E-state index contributed by atoms with van der Waals surface area (Å²) in [7, 11) is 0. The Balaban J connectivity index is 0. The van der Waals surface area contributed by atoms with Gasteiger partial charge in [0.1, 0.15) is 0 Å². The summed E-state index contributed by atoms with van der Waals surface area (Å²) in [5, 5.41) is 13.5. The van der Waals surface area contributed by atoms with Crippen LogP contribution in [0.5, 0.6) is 0 Å². The first kappa shape index (κ1) is 28.2. The maximum atomic E-state index is 11.8. The van der Waals surface area contributed by atoms with Crippen LogP contribution in [0.2, 0.25) is 0 Å². The number of carbonyl (C=O) groups excluding carboxylic acids is 2. The van der Waals surface area contributed by atoms with E-state index < -0.39 is 12.0 Å². The second kappa shape index (κ2) is 19.7. The Bertz CT molecular complexity index is 348. The third-order valence-electron chi connectivity index (χ3n) is 4.74. The van der Waals surface area contributed by atoms with Gasteiger partial charge in [-0.3, -0.25) is 4.79 Å². The van der Waals surface area contributed by atoms with Crippen molar-refractivity contribution in [3.05, 3.63) is 0 Å². The summed E-state index contributed by atoms with van der Waals surface area (Å²) in [6.07, 6.45) is 16.9. The second-order valence-corrected chi connectivity index (χ2v) is 7.60. The Hall–Kier alpha value is -0.0600. The van der Waals surface area contributed by atoms with E-state index in [1.54, 1.807) is 13.8 Å². The molecule has 0 fully saturated rings. The molecular weight excluding hydrogens is 337 g/mol.